The SMILES string of the molecule is CCCCCCCCCCCCOCCC(O)(O)OCC. The fourth-order valence-corrected chi connectivity index (χ4v) is 2.30. The molecule has 0 radical (unpaired) electrons. The third kappa shape index (κ3) is 16.0. The van der Waals surface area contributed by atoms with Gasteiger partial charge in [-0.2, -0.15) is 0 Å². The molecular formula is C17H36O4. The maximum Gasteiger partial charge on any atom is 0.280 e. The molecule has 2 N–H and O–H groups in total. The van der Waals surface area contributed by atoms with Crippen LogP contribution in [-0.2, 0) is 9.47 Å². The average Bonchev–Trinajstić information content (AvgIpc) is 2.44. The monoisotopic (exact) mass is 304 g/mol. The summed E-state index contributed by atoms with van der Waals surface area (Å²) >= 11 is 0. The van der Waals surface area contributed by atoms with Gasteiger partial charge in [-0.1, -0.05) is 64.7 Å². The Bertz CT molecular complexity index is 207. The second-order valence-corrected chi connectivity index (χ2v) is 5.72. The van der Waals surface area contributed by atoms with Crippen LogP contribution in [0.1, 0.15) is 84.5 Å². The first kappa shape index (κ1) is 20.8. The summed E-state index contributed by atoms with van der Waals surface area (Å²) in [6, 6.07) is 0. The molecule has 4 heteroatoms. The minimum Gasteiger partial charge on any atom is -0.381 e. The molecule has 0 aromatic rings. The van der Waals surface area contributed by atoms with E-state index in [0.29, 0.717) is 13.2 Å². The van der Waals surface area contributed by atoms with Crippen LogP contribution >= 0.6 is 0 Å². The van der Waals surface area contributed by atoms with E-state index in [2.05, 4.69) is 6.92 Å². The Balaban J connectivity index is 3.12. The fourth-order valence-electron chi connectivity index (χ4n) is 2.30. The highest BCUT2D eigenvalue weighted by Crippen LogP contribution is 2.11. The molecule has 0 atom stereocenters. The lowest BCUT2D eigenvalue weighted by Gasteiger charge is -2.20. The van der Waals surface area contributed by atoms with Crippen LogP contribution in [0.4, 0.5) is 0 Å². The van der Waals surface area contributed by atoms with Crippen molar-refractivity contribution < 1.29 is 19.7 Å². The van der Waals surface area contributed by atoms with Gasteiger partial charge in [-0.05, 0) is 13.3 Å². The molecule has 4 nitrogen and oxygen atoms in total. The average molecular weight is 304 g/mol. The van der Waals surface area contributed by atoms with Gasteiger partial charge in [0.05, 0.1) is 13.0 Å². The Kier molecular flexibility index (Phi) is 14.7. The van der Waals surface area contributed by atoms with Crippen LogP contribution in [0.2, 0.25) is 0 Å². The van der Waals surface area contributed by atoms with Crippen molar-refractivity contribution in [3.05, 3.63) is 0 Å². The molecule has 0 rings (SSSR count). The van der Waals surface area contributed by atoms with E-state index in [1.54, 1.807) is 6.92 Å². The van der Waals surface area contributed by atoms with Gasteiger partial charge in [0, 0.05) is 13.2 Å². The maximum atomic E-state index is 9.34. The Hall–Kier alpha value is -0.160. The van der Waals surface area contributed by atoms with Gasteiger partial charge in [0.15, 0.2) is 0 Å². The molecule has 0 amide bonds. The van der Waals surface area contributed by atoms with E-state index < -0.39 is 5.97 Å². The van der Waals surface area contributed by atoms with Crippen LogP contribution in [0.3, 0.4) is 0 Å². The Labute approximate surface area is 130 Å². The van der Waals surface area contributed by atoms with Crippen molar-refractivity contribution in [1.82, 2.24) is 0 Å². The number of rotatable bonds is 16. The second kappa shape index (κ2) is 14.8. The molecule has 0 aromatic carbocycles. The van der Waals surface area contributed by atoms with E-state index in [1.165, 1.54) is 57.8 Å². The molecule has 0 aliphatic rings. The standard InChI is InChI=1S/C17H36O4/c1-3-5-6-7-8-9-10-11-12-13-15-20-16-14-17(18,19)21-4-2/h18-19H,3-16H2,1-2H3. The van der Waals surface area contributed by atoms with E-state index in [4.69, 9.17) is 9.47 Å². The van der Waals surface area contributed by atoms with E-state index in [-0.39, 0.29) is 13.0 Å². The van der Waals surface area contributed by atoms with E-state index >= 15 is 0 Å². The summed E-state index contributed by atoms with van der Waals surface area (Å²) in [6.45, 7) is 5.28. The number of unbranched alkanes of at least 4 members (excludes halogenated alkanes) is 9. The number of aliphatic hydroxyl groups is 2. The van der Waals surface area contributed by atoms with Gasteiger partial charge in [-0.3, -0.25) is 0 Å². The van der Waals surface area contributed by atoms with Crippen LogP contribution in [0.15, 0.2) is 0 Å². The Morgan fingerprint density at radius 1 is 0.714 bits per heavy atom. The van der Waals surface area contributed by atoms with Gasteiger partial charge < -0.3 is 19.7 Å². The molecule has 128 valence electrons. The zero-order valence-electron chi connectivity index (χ0n) is 14.1. The van der Waals surface area contributed by atoms with Gasteiger partial charge in [0.25, 0.3) is 5.97 Å². The number of ether oxygens (including phenoxy) is 2. The third-order valence-electron chi connectivity index (χ3n) is 3.59. The minimum atomic E-state index is -2.04. The van der Waals surface area contributed by atoms with Gasteiger partial charge in [0.1, 0.15) is 0 Å². The maximum absolute atomic E-state index is 9.34. The number of hydrogen-bond acceptors (Lipinski definition) is 4. The Morgan fingerprint density at radius 3 is 1.76 bits per heavy atom. The smallest absolute Gasteiger partial charge is 0.280 e. The number of hydrogen-bond donors (Lipinski definition) is 2. The van der Waals surface area contributed by atoms with Crippen molar-refractivity contribution in [1.29, 1.82) is 0 Å². The van der Waals surface area contributed by atoms with E-state index in [9.17, 15) is 10.2 Å². The fraction of sp³-hybridized carbons (Fsp3) is 1.00. The molecule has 0 fully saturated rings. The first-order valence-corrected chi connectivity index (χ1v) is 8.79. The van der Waals surface area contributed by atoms with Crippen molar-refractivity contribution in [3.63, 3.8) is 0 Å². The molecule has 0 saturated carbocycles. The highest BCUT2D eigenvalue weighted by Gasteiger charge is 2.22. The summed E-state index contributed by atoms with van der Waals surface area (Å²) in [5.74, 6) is -2.04. The first-order chi connectivity index (χ1) is 10.1. The van der Waals surface area contributed by atoms with Crippen LogP contribution in [0.5, 0.6) is 0 Å². The predicted octanol–water partition coefficient (Wildman–Crippen LogP) is 3.99. The lowest BCUT2D eigenvalue weighted by atomic mass is 10.1. The molecule has 0 saturated heterocycles. The van der Waals surface area contributed by atoms with Gasteiger partial charge in [-0.15, -0.1) is 0 Å². The summed E-state index contributed by atoms with van der Waals surface area (Å²) < 4.78 is 10.2. The molecule has 21 heavy (non-hydrogen) atoms. The van der Waals surface area contributed by atoms with Gasteiger partial charge >= 0.3 is 0 Å². The quantitative estimate of drug-likeness (QED) is 0.334. The third-order valence-corrected chi connectivity index (χ3v) is 3.59. The van der Waals surface area contributed by atoms with Crippen molar-refractivity contribution in [2.45, 2.75) is 90.4 Å². The minimum absolute atomic E-state index is 0.0958. The highest BCUT2D eigenvalue weighted by molar-refractivity contribution is 4.50. The summed E-state index contributed by atoms with van der Waals surface area (Å²) in [5, 5.41) is 18.7. The van der Waals surface area contributed by atoms with Crippen molar-refractivity contribution in [2.75, 3.05) is 19.8 Å². The lowest BCUT2D eigenvalue weighted by Crippen LogP contribution is -2.33. The van der Waals surface area contributed by atoms with Gasteiger partial charge in [0.2, 0.25) is 0 Å². The van der Waals surface area contributed by atoms with Crippen LogP contribution in [-0.4, -0.2) is 36.0 Å². The van der Waals surface area contributed by atoms with E-state index in [0.717, 1.165) is 6.42 Å². The first-order valence-electron chi connectivity index (χ1n) is 8.79. The predicted molar refractivity (Wildman–Crippen MR) is 86.1 cm³/mol. The van der Waals surface area contributed by atoms with E-state index in [1.807, 2.05) is 0 Å². The summed E-state index contributed by atoms with van der Waals surface area (Å²) in [6.07, 6.45) is 13.2. The van der Waals surface area contributed by atoms with Crippen molar-refractivity contribution >= 4 is 0 Å². The van der Waals surface area contributed by atoms with Crippen molar-refractivity contribution in [2.24, 2.45) is 0 Å². The summed E-state index contributed by atoms with van der Waals surface area (Å²) in [4.78, 5) is 0. The van der Waals surface area contributed by atoms with Crippen LogP contribution in [0.25, 0.3) is 0 Å². The molecule has 0 aliphatic carbocycles. The molecular weight excluding hydrogens is 268 g/mol. The zero-order valence-corrected chi connectivity index (χ0v) is 14.1. The normalized spacial score (nSPS) is 12.0. The molecule has 0 aliphatic heterocycles. The lowest BCUT2D eigenvalue weighted by molar-refractivity contribution is -0.341. The largest absolute Gasteiger partial charge is 0.381 e. The van der Waals surface area contributed by atoms with Gasteiger partial charge in [-0.25, -0.2) is 0 Å². The van der Waals surface area contributed by atoms with Crippen LogP contribution in [0, 0.1) is 0 Å². The zero-order chi connectivity index (χ0) is 15.8. The molecule has 0 heterocycles. The topological polar surface area (TPSA) is 58.9 Å². The Morgan fingerprint density at radius 2 is 1.24 bits per heavy atom. The van der Waals surface area contributed by atoms with Crippen LogP contribution < -0.4 is 0 Å². The molecule has 0 bridgehead atoms. The summed E-state index contributed by atoms with van der Waals surface area (Å²) in [7, 11) is 0. The molecule has 0 spiro atoms. The second-order valence-electron chi connectivity index (χ2n) is 5.72. The molecule has 0 aromatic heterocycles. The van der Waals surface area contributed by atoms with Crippen molar-refractivity contribution in [3.8, 4) is 0 Å². The summed E-state index contributed by atoms with van der Waals surface area (Å²) in [5.41, 5.74) is 0. The molecule has 0 unspecified atom stereocenters. The highest BCUT2D eigenvalue weighted by atomic mass is 16.8.